The summed E-state index contributed by atoms with van der Waals surface area (Å²) in [6.45, 7) is 6.58. The maximum atomic E-state index is 11.5. The molecular formula is C12H22N4O3. The van der Waals surface area contributed by atoms with Crippen molar-refractivity contribution in [3.05, 3.63) is 0 Å². The Morgan fingerprint density at radius 3 is 2.68 bits per heavy atom. The number of hydrogen-bond donors (Lipinski definition) is 3. The second-order valence-electron chi connectivity index (χ2n) is 5.22. The second kappa shape index (κ2) is 6.42. The van der Waals surface area contributed by atoms with Gasteiger partial charge in [0.15, 0.2) is 0 Å². The van der Waals surface area contributed by atoms with Crippen LogP contribution in [0, 0.1) is 0 Å². The molecule has 0 aromatic carbocycles. The summed E-state index contributed by atoms with van der Waals surface area (Å²) in [7, 11) is 0. The summed E-state index contributed by atoms with van der Waals surface area (Å²) in [5.41, 5.74) is 0. The molecule has 2 saturated heterocycles. The Bertz CT molecular complexity index is 344. The number of rotatable bonds is 4. The minimum Gasteiger partial charge on any atom is -0.390 e. The van der Waals surface area contributed by atoms with Crippen LogP contribution >= 0.6 is 0 Å². The van der Waals surface area contributed by atoms with Gasteiger partial charge in [-0.3, -0.25) is 24.7 Å². The van der Waals surface area contributed by atoms with Crippen LogP contribution in [0.4, 0.5) is 0 Å². The number of aliphatic hydroxyl groups is 1. The molecule has 19 heavy (non-hydrogen) atoms. The van der Waals surface area contributed by atoms with Crippen LogP contribution in [0.1, 0.15) is 6.92 Å². The molecule has 2 unspecified atom stereocenters. The third kappa shape index (κ3) is 3.97. The van der Waals surface area contributed by atoms with Crippen molar-refractivity contribution in [1.29, 1.82) is 0 Å². The van der Waals surface area contributed by atoms with Gasteiger partial charge in [-0.15, -0.1) is 0 Å². The van der Waals surface area contributed by atoms with Crippen molar-refractivity contribution in [2.24, 2.45) is 0 Å². The van der Waals surface area contributed by atoms with Crippen molar-refractivity contribution in [1.82, 2.24) is 20.4 Å². The molecule has 0 aromatic heterocycles. The summed E-state index contributed by atoms with van der Waals surface area (Å²) < 4.78 is 0. The van der Waals surface area contributed by atoms with Crippen LogP contribution in [0.5, 0.6) is 0 Å². The largest absolute Gasteiger partial charge is 0.390 e. The summed E-state index contributed by atoms with van der Waals surface area (Å²) in [4.78, 5) is 26.8. The van der Waals surface area contributed by atoms with Crippen LogP contribution in [-0.4, -0.2) is 84.7 Å². The van der Waals surface area contributed by atoms with E-state index in [9.17, 15) is 14.7 Å². The van der Waals surface area contributed by atoms with Crippen LogP contribution in [0.2, 0.25) is 0 Å². The molecule has 2 aliphatic rings. The van der Waals surface area contributed by atoms with Gasteiger partial charge < -0.3 is 10.4 Å². The molecule has 108 valence electrons. The van der Waals surface area contributed by atoms with E-state index in [1.54, 1.807) is 11.8 Å². The molecule has 7 heteroatoms. The lowest BCUT2D eigenvalue weighted by Crippen LogP contribution is -2.59. The Hall–Kier alpha value is -1.02. The highest BCUT2D eigenvalue weighted by Crippen LogP contribution is 2.06. The molecule has 2 rings (SSSR count). The third-order valence-corrected chi connectivity index (χ3v) is 3.66. The number of carbonyl (C=O) groups is 2. The zero-order valence-corrected chi connectivity index (χ0v) is 11.3. The van der Waals surface area contributed by atoms with Gasteiger partial charge in [-0.25, -0.2) is 0 Å². The average Bonchev–Trinajstić information content (AvgIpc) is 2.36. The first-order chi connectivity index (χ1) is 9.06. The maximum absolute atomic E-state index is 11.5. The molecule has 0 aliphatic carbocycles. The topological polar surface area (TPSA) is 84.9 Å². The summed E-state index contributed by atoms with van der Waals surface area (Å²) >= 11 is 0. The van der Waals surface area contributed by atoms with Crippen molar-refractivity contribution in [2.75, 3.05) is 45.8 Å². The van der Waals surface area contributed by atoms with E-state index < -0.39 is 6.10 Å². The Morgan fingerprint density at radius 1 is 1.32 bits per heavy atom. The number of piperazine rings is 2. The van der Waals surface area contributed by atoms with E-state index in [0.29, 0.717) is 13.1 Å². The SMILES string of the molecule is CC1C(=O)NC(=O)CN1CC(O)CN1CCNCC1. The van der Waals surface area contributed by atoms with Gasteiger partial charge in [0.2, 0.25) is 11.8 Å². The standard InChI is InChI=1S/C12H22N4O3/c1-9-12(19)14-11(18)8-16(9)7-10(17)6-15-4-2-13-3-5-15/h9-10,13,17H,2-8H2,1H3,(H,14,18,19). The zero-order valence-electron chi connectivity index (χ0n) is 11.3. The molecule has 2 fully saturated rings. The van der Waals surface area contributed by atoms with Crippen LogP contribution < -0.4 is 10.6 Å². The van der Waals surface area contributed by atoms with Crippen LogP contribution in [0.15, 0.2) is 0 Å². The van der Waals surface area contributed by atoms with E-state index in [1.165, 1.54) is 0 Å². The molecule has 0 bridgehead atoms. The smallest absolute Gasteiger partial charge is 0.243 e. The van der Waals surface area contributed by atoms with E-state index in [4.69, 9.17) is 0 Å². The average molecular weight is 270 g/mol. The molecule has 2 heterocycles. The van der Waals surface area contributed by atoms with Gasteiger partial charge in [0, 0.05) is 39.3 Å². The van der Waals surface area contributed by atoms with E-state index in [2.05, 4.69) is 15.5 Å². The molecule has 2 amide bonds. The molecule has 0 saturated carbocycles. The van der Waals surface area contributed by atoms with Gasteiger partial charge >= 0.3 is 0 Å². The van der Waals surface area contributed by atoms with Crippen LogP contribution in [-0.2, 0) is 9.59 Å². The lowest BCUT2D eigenvalue weighted by Gasteiger charge is -2.35. The fourth-order valence-electron chi connectivity index (χ4n) is 2.51. The Kier molecular flexibility index (Phi) is 4.87. The molecule has 0 spiro atoms. The number of aliphatic hydroxyl groups excluding tert-OH is 1. The first-order valence-corrected chi connectivity index (χ1v) is 6.75. The fraction of sp³-hybridized carbons (Fsp3) is 0.833. The Morgan fingerprint density at radius 2 is 2.00 bits per heavy atom. The van der Waals surface area contributed by atoms with Gasteiger partial charge in [-0.1, -0.05) is 0 Å². The Balaban J connectivity index is 1.81. The van der Waals surface area contributed by atoms with E-state index in [0.717, 1.165) is 26.2 Å². The zero-order chi connectivity index (χ0) is 13.8. The number of hydrogen-bond acceptors (Lipinski definition) is 6. The lowest BCUT2D eigenvalue weighted by atomic mass is 10.1. The Labute approximate surface area is 112 Å². The lowest BCUT2D eigenvalue weighted by molar-refractivity contribution is -0.140. The minimum atomic E-state index is -0.542. The number of carbonyl (C=O) groups excluding carboxylic acids is 2. The quantitative estimate of drug-likeness (QED) is 0.494. The summed E-state index contributed by atoms with van der Waals surface area (Å²) in [6, 6.07) is -0.365. The van der Waals surface area contributed by atoms with Crippen molar-refractivity contribution >= 4 is 11.8 Å². The number of nitrogens with one attached hydrogen (secondary N) is 2. The molecular weight excluding hydrogens is 248 g/mol. The molecule has 3 N–H and O–H groups in total. The summed E-state index contributed by atoms with van der Waals surface area (Å²) in [6.07, 6.45) is -0.542. The highest BCUT2D eigenvalue weighted by atomic mass is 16.3. The number of amides is 2. The molecule has 0 aromatic rings. The van der Waals surface area contributed by atoms with Crippen molar-refractivity contribution in [2.45, 2.75) is 19.1 Å². The van der Waals surface area contributed by atoms with E-state index in [1.807, 2.05) is 0 Å². The van der Waals surface area contributed by atoms with Gasteiger partial charge in [-0.2, -0.15) is 0 Å². The highest BCUT2D eigenvalue weighted by molar-refractivity contribution is 6.00. The van der Waals surface area contributed by atoms with Gasteiger partial charge in [0.05, 0.1) is 18.7 Å². The van der Waals surface area contributed by atoms with Crippen LogP contribution in [0.25, 0.3) is 0 Å². The minimum absolute atomic E-state index is 0.172. The van der Waals surface area contributed by atoms with Gasteiger partial charge in [0.25, 0.3) is 0 Å². The van der Waals surface area contributed by atoms with Gasteiger partial charge in [-0.05, 0) is 6.92 Å². The fourth-order valence-corrected chi connectivity index (χ4v) is 2.51. The predicted octanol–water partition coefficient (Wildman–Crippen LogP) is -2.40. The molecule has 7 nitrogen and oxygen atoms in total. The monoisotopic (exact) mass is 270 g/mol. The summed E-state index contributed by atoms with van der Waals surface area (Å²) in [5, 5.41) is 15.6. The number of imide groups is 1. The number of nitrogens with zero attached hydrogens (tertiary/aromatic N) is 2. The van der Waals surface area contributed by atoms with Crippen molar-refractivity contribution < 1.29 is 14.7 Å². The van der Waals surface area contributed by atoms with Gasteiger partial charge in [0.1, 0.15) is 0 Å². The normalized spacial score (nSPS) is 28.2. The molecule has 2 aliphatic heterocycles. The first kappa shape index (κ1) is 14.4. The summed E-state index contributed by atoms with van der Waals surface area (Å²) in [5.74, 6) is -0.580. The number of β-amino-alcohol motifs (C(OH)–C–C–N with tert-alkyl or cyclic N) is 1. The van der Waals surface area contributed by atoms with E-state index in [-0.39, 0.29) is 24.4 Å². The highest BCUT2D eigenvalue weighted by Gasteiger charge is 2.31. The van der Waals surface area contributed by atoms with Crippen molar-refractivity contribution in [3.8, 4) is 0 Å². The second-order valence-corrected chi connectivity index (χ2v) is 5.22. The molecule has 0 radical (unpaired) electrons. The third-order valence-electron chi connectivity index (χ3n) is 3.66. The van der Waals surface area contributed by atoms with Crippen LogP contribution in [0.3, 0.4) is 0 Å². The predicted molar refractivity (Wildman–Crippen MR) is 69.5 cm³/mol. The maximum Gasteiger partial charge on any atom is 0.243 e. The first-order valence-electron chi connectivity index (χ1n) is 6.75. The van der Waals surface area contributed by atoms with E-state index >= 15 is 0 Å². The van der Waals surface area contributed by atoms with Crippen molar-refractivity contribution in [3.63, 3.8) is 0 Å². The molecule has 2 atom stereocenters.